The van der Waals surface area contributed by atoms with Crippen molar-refractivity contribution in [1.29, 1.82) is 0 Å². The number of ether oxygens (including phenoxy) is 1. The van der Waals surface area contributed by atoms with Crippen molar-refractivity contribution in [2.45, 2.75) is 83.3 Å². The average molecular weight is 463 g/mol. The third-order valence-electron chi connectivity index (χ3n) is 9.42. The van der Waals surface area contributed by atoms with Crippen molar-refractivity contribution in [3.63, 3.8) is 0 Å². The molecule has 33 heavy (non-hydrogen) atoms. The molecule has 3 fully saturated rings. The Kier molecular flexibility index (Phi) is 6.06. The van der Waals surface area contributed by atoms with Crippen LogP contribution in [-0.4, -0.2) is 57.1 Å². The smallest absolute Gasteiger partial charge is 0.306 e. The number of hydrogen-bond donors (Lipinski definition) is 3. The number of ketones is 2. The van der Waals surface area contributed by atoms with Gasteiger partial charge in [0, 0.05) is 11.8 Å². The largest absolute Gasteiger partial charge is 0.481 e. The van der Waals surface area contributed by atoms with Crippen LogP contribution in [0.1, 0.15) is 71.6 Å². The maximum absolute atomic E-state index is 13.1. The Labute approximate surface area is 193 Å². The number of hydrogen-bond acceptors (Lipinski definition) is 7. The zero-order chi connectivity index (χ0) is 24.2. The van der Waals surface area contributed by atoms with E-state index in [4.69, 9.17) is 9.84 Å². The highest BCUT2D eigenvalue weighted by molar-refractivity contribution is 5.92. The molecule has 0 bridgehead atoms. The molecule has 4 aliphatic carbocycles. The van der Waals surface area contributed by atoms with Crippen LogP contribution >= 0.6 is 0 Å². The summed E-state index contributed by atoms with van der Waals surface area (Å²) >= 11 is 0. The molecule has 3 N–H and O–H groups in total. The number of aliphatic carboxylic acids is 1. The fourth-order valence-corrected chi connectivity index (χ4v) is 7.70. The monoisotopic (exact) mass is 462 g/mol. The first-order valence-corrected chi connectivity index (χ1v) is 12.0. The Morgan fingerprint density at radius 1 is 1.12 bits per heavy atom. The summed E-state index contributed by atoms with van der Waals surface area (Å²) in [6, 6.07) is 0. The second-order valence-electron chi connectivity index (χ2n) is 11.0. The quantitative estimate of drug-likeness (QED) is 0.511. The number of carboxylic acids is 1. The summed E-state index contributed by atoms with van der Waals surface area (Å²) in [4.78, 5) is 47.5. The van der Waals surface area contributed by atoms with Crippen LogP contribution in [-0.2, 0) is 23.9 Å². The van der Waals surface area contributed by atoms with Gasteiger partial charge in [-0.25, -0.2) is 0 Å². The standard InChI is InChI=1S/C25H34O8/c1-23-9-7-15(26)11-14(23)3-4-16-17-8-10-25(32,24(17,2)12-18(27)22(16)23)19(28)13-33-21(31)6-5-20(29)30/h11,16-18,22,27,32H,3-10,12-13H2,1-2H3,(H,29,30)/t16-,17-,18-,22+,23-,24-,25+/m0/s1. The highest BCUT2D eigenvalue weighted by atomic mass is 16.5. The number of rotatable bonds is 6. The van der Waals surface area contributed by atoms with Crippen LogP contribution in [0.15, 0.2) is 11.6 Å². The van der Waals surface area contributed by atoms with Gasteiger partial charge >= 0.3 is 11.9 Å². The van der Waals surface area contributed by atoms with Gasteiger partial charge < -0.3 is 20.1 Å². The molecule has 4 rings (SSSR count). The zero-order valence-electron chi connectivity index (χ0n) is 19.3. The minimum Gasteiger partial charge on any atom is -0.481 e. The third-order valence-corrected chi connectivity index (χ3v) is 9.42. The lowest BCUT2D eigenvalue weighted by Gasteiger charge is -2.60. The minimum absolute atomic E-state index is 0.0185. The number of aliphatic hydroxyl groups excluding tert-OH is 1. The van der Waals surface area contributed by atoms with Crippen LogP contribution in [0.2, 0.25) is 0 Å². The van der Waals surface area contributed by atoms with E-state index in [0.717, 1.165) is 24.8 Å². The molecule has 8 nitrogen and oxygen atoms in total. The number of carbonyl (C=O) groups is 4. The van der Waals surface area contributed by atoms with Gasteiger partial charge in [-0.3, -0.25) is 19.2 Å². The van der Waals surface area contributed by atoms with E-state index in [2.05, 4.69) is 6.92 Å². The molecule has 0 saturated heterocycles. The van der Waals surface area contributed by atoms with Crippen molar-refractivity contribution in [3.05, 3.63) is 11.6 Å². The summed E-state index contributed by atoms with van der Waals surface area (Å²) in [5.41, 5.74) is -1.68. The van der Waals surface area contributed by atoms with Crippen LogP contribution < -0.4 is 0 Å². The zero-order valence-corrected chi connectivity index (χ0v) is 19.3. The molecular formula is C25H34O8. The van der Waals surface area contributed by atoms with E-state index < -0.39 is 41.4 Å². The molecule has 0 heterocycles. The fourth-order valence-electron chi connectivity index (χ4n) is 7.70. The number of fused-ring (bicyclic) bond motifs is 5. The molecule has 0 spiro atoms. The van der Waals surface area contributed by atoms with Crippen LogP contribution in [0.25, 0.3) is 0 Å². The highest BCUT2D eigenvalue weighted by Crippen LogP contribution is 2.67. The lowest BCUT2D eigenvalue weighted by molar-refractivity contribution is -0.184. The van der Waals surface area contributed by atoms with Crippen molar-refractivity contribution in [1.82, 2.24) is 0 Å². The highest BCUT2D eigenvalue weighted by Gasteiger charge is 2.68. The second kappa shape index (κ2) is 8.31. The predicted octanol–water partition coefficient (Wildman–Crippen LogP) is 2.20. The molecule has 182 valence electrons. The molecule has 0 amide bonds. The van der Waals surface area contributed by atoms with Crippen molar-refractivity contribution >= 4 is 23.5 Å². The van der Waals surface area contributed by atoms with E-state index in [1.807, 2.05) is 6.92 Å². The summed E-state index contributed by atoms with van der Waals surface area (Å²) in [6.07, 6.45) is 4.30. The minimum atomic E-state index is -1.71. The van der Waals surface area contributed by atoms with Gasteiger partial charge in [0.25, 0.3) is 0 Å². The maximum Gasteiger partial charge on any atom is 0.306 e. The molecule has 0 aromatic rings. The summed E-state index contributed by atoms with van der Waals surface area (Å²) in [5, 5.41) is 31.6. The summed E-state index contributed by atoms with van der Waals surface area (Å²) in [6.45, 7) is 3.41. The first-order valence-electron chi connectivity index (χ1n) is 12.0. The lowest BCUT2D eigenvalue weighted by Crippen LogP contribution is -2.62. The first kappa shape index (κ1) is 24.1. The molecule has 4 aliphatic rings. The van der Waals surface area contributed by atoms with Crippen molar-refractivity contribution in [2.24, 2.45) is 28.6 Å². The van der Waals surface area contributed by atoms with Gasteiger partial charge in [0.2, 0.25) is 5.78 Å². The first-order chi connectivity index (χ1) is 15.4. The molecule has 0 aromatic carbocycles. The molecule has 7 atom stereocenters. The van der Waals surface area contributed by atoms with Crippen LogP contribution in [0, 0.1) is 28.6 Å². The second-order valence-corrected chi connectivity index (χ2v) is 11.0. The Bertz CT molecular complexity index is 908. The molecule has 0 aromatic heterocycles. The molecular weight excluding hydrogens is 428 g/mol. The Hall–Kier alpha value is -2.06. The molecule has 0 unspecified atom stereocenters. The summed E-state index contributed by atoms with van der Waals surface area (Å²) in [5.74, 6) is -2.20. The van der Waals surface area contributed by atoms with Crippen LogP contribution in [0.3, 0.4) is 0 Å². The number of carbonyl (C=O) groups excluding carboxylic acids is 3. The summed E-state index contributed by atoms with van der Waals surface area (Å²) < 4.78 is 4.97. The predicted molar refractivity (Wildman–Crippen MR) is 116 cm³/mol. The van der Waals surface area contributed by atoms with Gasteiger partial charge in [-0.2, -0.15) is 0 Å². The average Bonchev–Trinajstić information content (AvgIpc) is 3.02. The third kappa shape index (κ3) is 3.75. The fraction of sp³-hybridized carbons (Fsp3) is 0.760. The van der Waals surface area contributed by atoms with E-state index in [9.17, 15) is 29.4 Å². The van der Waals surface area contributed by atoms with E-state index in [1.54, 1.807) is 6.08 Å². The molecule has 8 heteroatoms. The van der Waals surface area contributed by atoms with Gasteiger partial charge in [-0.05, 0) is 67.8 Å². The number of aliphatic hydroxyl groups is 2. The number of carboxylic acid groups (broad SMARTS) is 1. The normalized spacial score (nSPS) is 41.9. The van der Waals surface area contributed by atoms with Crippen molar-refractivity contribution in [2.75, 3.05) is 6.61 Å². The molecule has 0 radical (unpaired) electrons. The topological polar surface area (TPSA) is 138 Å². The van der Waals surface area contributed by atoms with Gasteiger partial charge in [0.15, 0.2) is 12.4 Å². The van der Waals surface area contributed by atoms with Crippen molar-refractivity contribution < 1.29 is 39.2 Å². The SMILES string of the molecule is C[C@]12CCC(=O)C=C1CC[C@@H]1[C@@H]2[C@@H](O)C[C@@]2(C)[C@H]1CC[C@@]2(O)C(=O)COC(=O)CCC(=O)O. The Morgan fingerprint density at radius 3 is 2.55 bits per heavy atom. The number of esters is 1. The maximum atomic E-state index is 13.1. The van der Waals surface area contributed by atoms with Gasteiger partial charge in [0.05, 0.1) is 18.9 Å². The lowest BCUT2D eigenvalue weighted by atomic mass is 9.45. The van der Waals surface area contributed by atoms with E-state index in [1.165, 1.54) is 0 Å². The van der Waals surface area contributed by atoms with Gasteiger partial charge in [-0.1, -0.05) is 19.4 Å². The Balaban J connectivity index is 1.53. The number of Topliss-reactive ketones (excluding diaryl/α,β-unsaturated/α-hetero) is 1. The summed E-state index contributed by atoms with van der Waals surface area (Å²) in [7, 11) is 0. The van der Waals surface area contributed by atoms with Gasteiger partial charge in [-0.15, -0.1) is 0 Å². The molecule has 3 saturated carbocycles. The van der Waals surface area contributed by atoms with Crippen molar-refractivity contribution in [3.8, 4) is 0 Å². The molecule has 0 aliphatic heterocycles. The van der Waals surface area contributed by atoms with Crippen LogP contribution in [0.5, 0.6) is 0 Å². The van der Waals surface area contributed by atoms with Crippen LogP contribution in [0.4, 0.5) is 0 Å². The van der Waals surface area contributed by atoms with E-state index in [-0.39, 0.29) is 54.6 Å². The number of allylic oxidation sites excluding steroid dienone is 1. The Morgan fingerprint density at radius 2 is 1.85 bits per heavy atom. The van der Waals surface area contributed by atoms with E-state index >= 15 is 0 Å². The van der Waals surface area contributed by atoms with E-state index in [0.29, 0.717) is 12.8 Å². The van der Waals surface area contributed by atoms with Gasteiger partial charge in [0.1, 0.15) is 5.60 Å².